The SMILES string of the molecule is Cc1ccccc1-c1nc(-c2ccc(OCc3ccccc3F)cc2)no1. The fourth-order valence-electron chi connectivity index (χ4n) is 2.74. The first kappa shape index (κ1) is 17.0. The molecule has 4 aromatic rings. The number of hydrogen-bond donors (Lipinski definition) is 0. The Morgan fingerprint density at radius 2 is 1.67 bits per heavy atom. The molecule has 0 saturated carbocycles. The highest BCUT2D eigenvalue weighted by Crippen LogP contribution is 2.26. The lowest BCUT2D eigenvalue weighted by Crippen LogP contribution is -1.98. The van der Waals surface area contributed by atoms with Gasteiger partial charge in [-0.3, -0.25) is 0 Å². The van der Waals surface area contributed by atoms with Gasteiger partial charge in [-0.15, -0.1) is 0 Å². The van der Waals surface area contributed by atoms with Crippen molar-refractivity contribution < 1.29 is 13.7 Å². The Balaban J connectivity index is 1.48. The quantitative estimate of drug-likeness (QED) is 0.476. The van der Waals surface area contributed by atoms with E-state index in [9.17, 15) is 4.39 Å². The van der Waals surface area contributed by atoms with E-state index in [1.165, 1.54) is 6.07 Å². The molecule has 1 aromatic heterocycles. The lowest BCUT2D eigenvalue weighted by atomic mass is 10.1. The molecule has 0 atom stereocenters. The van der Waals surface area contributed by atoms with Gasteiger partial charge in [-0.25, -0.2) is 4.39 Å². The van der Waals surface area contributed by atoms with Gasteiger partial charge in [0.05, 0.1) is 0 Å². The fraction of sp³-hybridized carbons (Fsp3) is 0.0909. The maximum atomic E-state index is 13.6. The molecular weight excluding hydrogens is 343 g/mol. The van der Waals surface area contributed by atoms with E-state index in [1.807, 2.05) is 43.3 Å². The van der Waals surface area contributed by atoms with Crippen LogP contribution in [0.1, 0.15) is 11.1 Å². The number of ether oxygens (including phenoxy) is 1. The molecule has 0 aliphatic heterocycles. The maximum Gasteiger partial charge on any atom is 0.258 e. The predicted octanol–water partition coefficient (Wildman–Crippen LogP) is 5.43. The fourth-order valence-corrected chi connectivity index (χ4v) is 2.74. The van der Waals surface area contributed by atoms with Crippen LogP contribution < -0.4 is 4.74 Å². The van der Waals surface area contributed by atoms with E-state index in [1.54, 1.807) is 30.3 Å². The molecule has 3 aromatic carbocycles. The summed E-state index contributed by atoms with van der Waals surface area (Å²) in [5.41, 5.74) is 3.32. The zero-order valence-corrected chi connectivity index (χ0v) is 14.7. The van der Waals surface area contributed by atoms with Crippen LogP contribution in [-0.4, -0.2) is 10.1 Å². The van der Waals surface area contributed by atoms with Crippen molar-refractivity contribution in [3.8, 4) is 28.6 Å². The molecule has 134 valence electrons. The first-order valence-electron chi connectivity index (χ1n) is 8.57. The van der Waals surface area contributed by atoms with Crippen LogP contribution in [0.5, 0.6) is 5.75 Å². The molecule has 0 N–H and O–H groups in total. The summed E-state index contributed by atoms with van der Waals surface area (Å²) in [5, 5.41) is 4.06. The van der Waals surface area contributed by atoms with Crippen molar-refractivity contribution in [3.05, 3.63) is 89.7 Å². The van der Waals surface area contributed by atoms with Gasteiger partial charge < -0.3 is 9.26 Å². The molecule has 0 spiro atoms. The molecule has 0 radical (unpaired) electrons. The number of rotatable bonds is 5. The van der Waals surface area contributed by atoms with Crippen LogP contribution in [0.3, 0.4) is 0 Å². The van der Waals surface area contributed by atoms with E-state index in [4.69, 9.17) is 9.26 Å². The second-order valence-corrected chi connectivity index (χ2v) is 6.14. The number of aryl methyl sites for hydroxylation is 1. The van der Waals surface area contributed by atoms with E-state index in [0.29, 0.717) is 23.0 Å². The van der Waals surface area contributed by atoms with Crippen molar-refractivity contribution in [2.75, 3.05) is 0 Å². The van der Waals surface area contributed by atoms with Crippen molar-refractivity contribution in [1.29, 1.82) is 0 Å². The highest BCUT2D eigenvalue weighted by atomic mass is 19.1. The third kappa shape index (κ3) is 3.72. The highest BCUT2D eigenvalue weighted by molar-refractivity contribution is 5.62. The van der Waals surface area contributed by atoms with E-state index in [2.05, 4.69) is 10.1 Å². The molecule has 0 aliphatic carbocycles. The molecule has 4 nitrogen and oxygen atoms in total. The minimum Gasteiger partial charge on any atom is -0.489 e. The molecule has 27 heavy (non-hydrogen) atoms. The number of benzene rings is 3. The topological polar surface area (TPSA) is 48.2 Å². The summed E-state index contributed by atoms with van der Waals surface area (Å²) in [4.78, 5) is 4.48. The standard InChI is InChI=1S/C22H17FN2O2/c1-15-6-2-4-8-19(15)22-24-21(25-27-22)16-10-12-18(13-11-16)26-14-17-7-3-5-9-20(17)23/h2-13H,14H2,1H3. The Bertz CT molecular complexity index is 1060. The predicted molar refractivity (Wildman–Crippen MR) is 101 cm³/mol. The van der Waals surface area contributed by atoms with Crippen molar-refractivity contribution in [1.82, 2.24) is 10.1 Å². The van der Waals surface area contributed by atoms with Crippen molar-refractivity contribution >= 4 is 0 Å². The number of aromatic nitrogens is 2. The molecule has 0 aliphatic rings. The van der Waals surface area contributed by atoms with Crippen molar-refractivity contribution in [2.24, 2.45) is 0 Å². The summed E-state index contributed by atoms with van der Waals surface area (Å²) in [5.74, 6) is 1.37. The zero-order chi connectivity index (χ0) is 18.6. The highest BCUT2D eigenvalue weighted by Gasteiger charge is 2.12. The third-order valence-corrected chi connectivity index (χ3v) is 4.27. The first-order valence-corrected chi connectivity index (χ1v) is 8.57. The van der Waals surface area contributed by atoms with Gasteiger partial charge >= 0.3 is 0 Å². The Hall–Kier alpha value is -3.47. The molecule has 4 rings (SSSR count). The summed E-state index contributed by atoms with van der Waals surface area (Å²) in [6, 6.07) is 21.7. The van der Waals surface area contributed by atoms with E-state index < -0.39 is 0 Å². The summed E-state index contributed by atoms with van der Waals surface area (Å²) < 4.78 is 24.7. The van der Waals surface area contributed by atoms with E-state index in [0.717, 1.165) is 16.7 Å². The van der Waals surface area contributed by atoms with Crippen LogP contribution in [0.25, 0.3) is 22.8 Å². The molecule has 5 heteroatoms. The third-order valence-electron chi connectivity index (χ3n) is 4.27. The van der Waals surface area contributed by atoms with Crippen LogP contribution in [0, 0.1) is 12.7 Å². The molecule has 0 saturated heterocycles. The molecule has 0 amide bonds. The summed E-state index contributed by atoms with van der Waals surface area (Å²) in [7, 11) is 0. The van der Waals surface area contributed by atoms with Gasteiger partial charge in [0, 0.05) is 16.7 Å². The van der Waals surface area contributed by atoms with Crippen LogP contribution in [-0.2, 0) is 6.61 Å². The Labute approximate surface area is 156 Å². The van der Waals surface area contributed by atoms with E-state index in [-0.39, 0.29) is 12.4 Å². The van der Waals surface area contributed by atoms with Gasteiger partial charge in [0.25, 0.3) is 5.89 Å². The van der Waals surface area contributed by atoms with Crippen LogP contribution in [0.15, 0.2) is 77.3 Å². The largest absolute Gasteiger partial charge is 0.489 e. The van der Waals surface area contributed by atoms with Gasteiger partial charge in [0.15, 0.2) is 0 Å². The van der Waals surface area contributed by atoms with Crippen LogP contribution in [0.4, 0.5) is 4.39 Å². The molecule has 0 fully saturated rings. The zero-order valence-electron chi connectivity index (χ0n) is 14.7. The van der Waals surface area contributed by atoms with Crippen LogP contribution >= 0.6 is 0 Å². The Morgan fingerprint density at radius 1 is 0.926 bits per heavy atom. The second-order valence-electron chi connectivity index (χ2n) is 6.14. The van der Waals surface area contributed by atoms with Gasteiger partial charge in [0.1, 0.15) is 18.2 Å². The molecule has 0 unspecified atom stereocenters. The summed E-state index contributed by atoms with van der Waals surface area (Å²) in [6.07, 6.45) is 0. The minimum absolute atomic E-state index is 0.172. The van der Waals surface area contributed by atoms with Crippen molar-refractivity contribution in [2.45, 2.75) is 13.5 Å². The summed E-state index contributed by atoms with van der Waals surface area (Å²) >= 11 is 0. The summed E-state index contributed by atoms with van der Waals surface area (Å²) in [6.45, 7) is 2.17. The van der Waals surface area contributed by atoms with Crippen LogP contribution in [0.2, 0.25) is 0 Å². The maximum absolute atomic E-state index is 13.6. The lowest BCUT2D eigenvalue weighted by Gasteiger charge is -2.07. The smallest absolute Gasteiger partial charge is 0.258 e. The average Bonchev–Trinajstić information content (AvgIpc) is 3.18. The van der Waals surface area contributed by atoms with Gasteiger partial charge in [-0.05, 0) is 48.9 Å². The van der Waals surface area contributed by atoms with Gasteiger partial charge in [0.2, 0.25) is 5.82 Å². The normalized spacial score (nSPS) is 10.7. The Kier molecular flexibility index (Phi) is 4.66. The van der Waals surface area contributed by atoms with Gasteiger partial charge in [-0.2, -0.15) is 4.98 Å². The Morgan fingerprint density at radius 3 is 2.44 bits per heavy atom. The van der Waals surface area contributed by atoms with Gasteiger partial charge in [-0.1, -0.05) is 41.6 Å². The molecular formula is C22H17FN2O2. The average molecular weight is 360 g/mol. The monoisotopic (exact) mass is 360 g/mol. The lowest BCUT2D eigenvalue weighted by molar-refractivity contribution is 0.300. The number of hydrogen-bond acceptors (Lipinski definition) is 4. The molecule has 1 heterocycles. The first-order chi connectivity index (χ1) is 13.2. The number of nitrogens with zero attached hydrogens (tertiary/aromatic N) is 2. The minimum atomic E-state index is -0.273. The van der Waals surface area contributed by atoms with Crippen molar-refractivity contribution in [3.63, 3.8) is 0 Å². The molecule has 0 bridgehead atoms. The number of halogens is 1. The van der Waals surface area contributed by atoms with E-state index >= 15 is 0 Å². The second kappa shape index (κ2) is 7.41.